The Morgan fingerprint density at radius 2 is 2.38 bits per heavy atom. The van der Waals surface area contributed by atoms with Crippen LogP contribution in [0, 0.1) is 5.92 Å². The molecular weight excluding hydrogens is 164 g/mol. The molecule has 1 saturated heterocycles. The fourth-order valence-electron chi connectivity index (χ4n) is 1.80. The Hall–Kier alpha value is -0.570. The predicted molar refractivity (Wildman–Crippen MR) is 53.2 cm³/mol. The summed E-state index contributed by atoms with van der Waals surface area (Å²) in [5.74, 6) is 0.774. The van der Waals surface area contributed by atoms with Crippen molar-refractivity contribution in [2.45, 2.75) is 39.2 Å². The normalized spacial score (nSPS) is 25.8. The van der Waals surface area contributed by atoms with E-state index in [0.717, 1.165) is 25.9 Å². The highest BCUT2D eigenvalue weighted by Crippen LogP contribution is 2.16. The minimum Gasteiger partial charge on any atom is -0.341 e. The molecule has 76 valence electrons. The number of nitrogens with two attached hydrogens (primary N) is 1. The van der Waals surface area contributed by atoms with Gasteiger partial charge in [-0.25, -0.2) is 0 Å². The van der Waals surface area contributed by atoms with Gasteiger partial charge < -0.3 is 10.6 Å². The molecule has 1 rings (SSSR count). The monoisotopic (exact) mass is 184 g/mol. The van der Waals surface area contributed by atoms with E-state index in [1.807, 2.05) is 11.8 Å². The van der Waals surface area contributed by atoms with Gasteiger partial charge in [-0.05, 0) is 25.2 Å². The zero-order valence-corrected chi connectivity index (χ0v) is 8.62. The van der Waals surface area contributed by atoms with Crippen LogP contribution in [0.2, 0.25) is 0 Å². The molecular formula is C10H20N2O. The molecule has 0 radical (unpaired) electrons. The molecule has 3 nitrogen and oxygen atoms in total. The SMILES string of the molecule is CCC(N)C(=O)N1CCC[C@H](C)C1. The maximum Gasteiger partial charge on any atom is 0.239 e. The quantitative estimate of drug-likeness (QED) is 0.695. The zero-order valence-electron chi connectivity index (χ0n) is 8.62. The van der Waals surface area contributed by atoms with Gasteiger partial charge in [0.05, 0.1) is 6.04 Å². The van der Waals surface area contributed by atoms with E-state index >= 15 is 0 Å². The Morgan fingerprint density at radius 3 is 2.92 bits per heavy atom. The Bertz CT molecular complexity index is 182. The topological polar surface area (TPSA) is 46.3 Å². The number of rotatable bonds is 2. The second kappa shape index (κ2) is 4.61. The minimum atomic E-state index is -0.287. The summed E-state index contributed by atoms with van der Waals surface area (Å²) in [5.41, 5.74) is 5.70. The number of likely N-dealkylation sites (tertiary alicyclic amines) is 1. The third kappa shape index (κ3) is 2.69. The smallest absolute Gasteiger partial charge is 0.239 e. The maximum atomic E-state index is 11.7. The number of carbonyl (C=O) groups excluding carboxylic acids is 1. The lowest BCUT2D eigenvalue weighted by Gasteiger charge is -2.32. The molecule has 1 aliphatic heterocycles. The molecule has 1 fully saturated rings. The molecule has 0 saturated carbocycles. The number of nitrogens with zero attached hydrogens (tertiary/aromatic N) is 1. The van der Waals surface area contributed by atoms with Crippen LogP contribution >= 0.6 is 0 Å². The van der Waals surface area contributed by atoms with Gasteiger partial charge in [-0.15, -0.1) is 0 Å². The minimum absolute atomic E-state index is 0.133. The summed E-state index contributed by atoms with van der Waals surface area (Å²) < 4.78 is 0. The molecule has 0 aromatic heterocycles. The molecule has 0 spiro atoms. The number of carbonyl (C=O) groups is 1. The van der Waals surface area contributed by atoms with Crippen LogP contribution in [-0.4, -0.2) is 29.9 Å². The highest BCUT2D eigenvalue weighted by molar-refractivity contribution is 5.81. The van der Waals surface area contributed by atoms with Crippen molar-refractivity contribution in [3.8, 4) is 0 Å². The number of amides is 1. The third-order valence-corrected chi connectivity index (χ3v) is 2.73. The van der Waals surface area contributed by atoms with E-state index in [1.54, 1.807) is 0 Å². The Morgan fingerprint density at radius 1 is 1.69 bits per heavy atom. The molecule has 0 bridgehead atoms. The van der Waals surface area contributed by atoms with Crippen LogP contribution in [0.1, 0.15) is 33.1 Å². The summed E-state index contributed by atoms with van der Waals surface area (Å²) in [6.45, 7) is 5.94. The van der Waals surface area contributed by atoms with Crippen LogP contribution in [0.25, 0.3) is 0 Å². The first kappa shape index (κ1) is 10.5. The van der Waals surface area contributed by atoms with Crippen LogP contribution in [0.4, 0.5) is 0 Å². The molecule has 0 aromatic rings. The summed E-state index contributed by atoms with van der Waals surface area (Å²) in [5, 5.41) is 0. The summed E-state index contributed by atoms with van der Waals surface area (Å²) in [4.78, 5) is 13.6. The molecule has 0 aliphatic carbocycles. The zero-order chi connectivity index (χ0) is 9.84. The molecule has 1 heterocycles. The van der Waals surface area contributed by atoms with Crippen LogP contribution in [0.3, 0.4) is 0 Å². The van der Waals surface area contributed by atoms with E-state index in [4.69, 9.17) is 5.73 Å². The van der Waals surface area contributed by atoms with Gasteiger partial charge in [0.25, 0.3) is 0 Å². The average Bonchev–Trinajstić information content (AvgIpc) is 2.15. The first-order valence-corrected chi connectivity index (χ1v) is 5.19. The summed E-state index contributed by atoms with van der Waals surface area (Å²) in [6.07, 6.45) is 3.11. The van der Waals surface area contributed by atoms with Gasteiger partial charge in [0.1, 0.15) is 0 Å². The van der Waals surface area contributed by atoms with Crippen LogP contribution in [-0.2, 0) is 4.79 Å². The first-order valence-electron chi connectivity index (χ1n) is 5.19. The van der Waals surface area contributed by atoms with Gasteiger partial charge in [-0.3, -0.25) is 4.79 Å². The van der Waals surface area contributed by atoms with Crippen LogP contribution < -0.4 is 5.73 Å². The highest BCUT2D eigenvalue weighted by Gasteiger charge is 2.23. The fraction of sp³-hybridized carbons (Fsp3) is 0.900. The lowest BCUT2D eigenvalue weighted by Crippen LogP contribution is -2.47. The van der Waals surface area contributed by atoms with E-state index in [9.17, 15) is 4.79 Å². The fourth-order valence-corrected chi connectivity index (χ4v) is 1.80. The Kier molecular flexibility index (Phi) is 3.72. The van der Waals surface area contributed by atoms with Crippen molar-refractivity contribution in [2.24, 2.45) is 11.7 Å². The van der Waals surface area contributed by atoms with E-state index in [2.05, 4.69) is 6.92 Å². The first-order chi connectivity index (χ1) is 6.15. The van der Waals surface area contributed by atoms with Gasteiger partial charge in [0, 0.05) is 13.1 Å². The molecule has 1 amide bonds. The average molecular weight is 184 g/mol. The van der Waals surface area contributed by atoms with Gasteiger partial charge in [-0.1, -0.05) is 13.8 Å². The lowest BCUT2D eigenvalue weighted by molar-refractivity contribution is -0.134. The molecule has 1 aliphatic rings. The molecule has 0 aromatic carbocycles. The molecule has 13 heavy (non-hydrogen) atoms. The molecule has 2 N–H and O–H groups in total. The second-order valence-electron chi connectivity index (χ2n) is 4.05. The van der Waals surface area contributed by atoms with Crippen molar-refractivity contribution in [1.82, 2.24) is 4.90 Å². The van der Waals surface area contributed by atoms with Crippen LogP contribution in [0.5, 0.6) is 0 Å². The summed E-state index contributed by atoms with van der Waals surface area (Å²) >= 11 is 0. The number of piperidine rings is 1. The van der Waals surface area contributed by atoms with Crippen molar-refractivity contribution in [3.63, 3.8) is 0 Å². The summed E-state index contributed by atoms with van der Waals surface area (Å²) in [7, 11) is 0. The highest BCUT2D eigenvalue weighted by atomic mass is 16.2. The Labute approximate surface area is 80.3 Å². The van der Waals surface area contributed by atoms with E-state index in [0.29, 0.717) is 5.92 Å². The molecule has 3 heteroatoms. The van der Waals surface area contributed by atoms with Crippen molar-refractivity contribution in [2.75, 3.05) is 13.1 Å². The van der Waals surface area contributed by atoms with Crippen LogP contribution in [0.15, 0.2) is 0 Å². The summed E-state index contributed by atoms with van der Waals surface area (Å²) in [6, 6.07) is -0.287. The van der Waals surface area contributed by atoms with E-state index < -0.39 is 0 Å². The van der Waals surface area contributed by atoms with Crippen molar-refractivity contribution in [3.05, 3.63) is 0 Å². The van der Waals surface area contributed by atoms with Crippen molar-refractivity contribution >= 4 is 5.91 Å². The number of hydrogen-bond donors (Lipinski definition) is 1. The molecule has 2 atom stereocenters. The maximum absolute atomic E-state index is 11.7. The van der Waals surface area contributed by atoms with E-state index in [1.165, 1.54) is 6.42 Å². The van der Waals surface area contributed by atoms with Gasteiger partial charge in [-0.2, -0.15) is 0 Å². The second-order valence-corrected chi connectivity index (χ2v) is 4.05. The number of hydrogen-bond acceptors (Lipinski definition) is 2. The van der Waals surface area contributed by atoms with Gasteiger partial charge >= 0.3 is 0 Å². The standard InChI is InChI=1S/C10H20N2O/c1-3-9(11)10(13)12-6-4-5-8(2)7-12/h8-9H,3-7,11H2,1-2H3/t8-,9?/m0/s1. The van der Waals surface area contributed by atoms with Gasteiger partial charge in [0.15, 0.2) is 0 Å². The third-order valence-electron chi connectivity index (χ3n) is 2.73. The lowest BCUT2D eigenvalue weighted by atomic mass is 9.99. The van der Waals surface area contributed by atoms with E-state index in [-0.39, 0.29) is 11.9 Å². The predicted octanol–water partition coefficient (Wildman–Crippen LogP) is 0.982. The van der Waals surface area contributed by atoms with Crippen molar-refractivity contribution < 1.29 is 4.79 Å². The molecule has 1 unspecified atom stereocenters. The Balaban J connectivity index is 2.46. The van der Waals surface area contributed by atoms with Gasteiger partial charge in [0.2, 0.25) is 5.91 Å². The largest absolute Gasteiger partial charge is 0.341 e. The van der Waals surface area contributed by atoms with Crippen molar-refractivity contribution in [1.29, 1.82) is 0 Å².